The lowest BCUT2D eigenvalue weighted by Crippen LogP contribution is -2.38. The molecule has 0 aromatic heterocycles. The molecule has 0 saturated carbocycles. The summed E-state index contributed by atoms with van der Waals surface area (Å²) in [5, 5.41) is 2.97. The monoisotopic (exact) mass is 301 g/mol. The Labute approximate surface area is 128 Å². The quantitative estimate of drug-likeness (QED) is 0.925. The van der Waals surface area contributed by atoms with E-state index in [1.807, 2.05) is 12.1 Å². The lowest BCUT2D eigenvalue weighted by molar-refractivity contribution is -0.122. The number of nitrogens with one attached hydrogen (secondary N) is 1. The van der Waals surface area contributed by atoms with Crippen LogP contribution in [-0.4, -0.2) is 11.9 Å². The van der Waals surface area contributed by atoms with E-state index in [1.165, 1.54) is 23.3 Å². The van der Waals surface area contributed by atoms with Crippen molar-refractivity contribution in [3.8, 4) is 0 Å². The van der Waals surface area contributed by atoms with Crippen LogP contribution in [0, 0.1) is 11.6 Å². The second kappa shape index (κ2) is 5.87. The van der Waals surface area contributed by atoms with Crippen LogP contribution in [0.3, 0.4) is 0 Å². The van der Waals surface area contributed by atoms with Crippen LogP contribution in [0.4, 0.5) is 8.78 Å². The molecule has 1 aliphatic rings. The number of fused-ring (bicyclic) bond motifs is 1. The molecule has 2 nitrogen and oxygen atoms in total. The third kappa shape index (κ3) is 2.86. The van der Waals surface area contributed by atoms with Crippen molar-refractivity contribution in [2.24, 2.45) is 0 Å². The van der Waals surface area contributed by atoms with Crippen LogP contribution in [0.2, 0.25) is 0 Å². The summed E-state index contributed by atoms with van der Waals surface area (Å²) < 4.78 is 26.7. The summed E-state index contributed by atoms with van der Waals surface area (Å²) in [6.45, 7) is 1.63. The zero-order valence-corrected chi connectivity index (χ0v) is 12.3. The van der Waals surface area contributed by atoms with Gasteiger partial charge in [-0.3, -0.25) is 4.79 Å². The maximum atomic E-state index is 13.8. The number of benzene rings is 2. The Morgan fingerprint density at radius 1 is 1.14 bits per heavy atom. The number of hydrogen-bond acceptors (Lipinski definition) is 1. The first-order valence-electron chi connectivity index (χ1n) is 7.36. The molecule has 0 radical (unpaired) electrons. The van der Waals surface area contributed by atoms with Crippen molar-refractivity contribution in [1.29, 1.82) is 0 Å². The van der Waals surface area contributed by atoms with E-state index in [4.69, 9.17) is 0 Å². The van der Waals surface area contributed by atoms with Crippen molar-refractivity contribution >= 4 is 5.91 Å². The summed E-state index contributed by atoms with van der Waals surface area (Å²) in [6, 6.07) is 11.4. The highest BCUT2D eigenvalue weighted by molar-refractivity contribution is 5.83. The van der Waals surface area contributed by atoms with Gasteiger partial charge in [0.2, 0.25) is 5.91 Å². The van der Waals surface area contributed by atoms with Gasteiger partial charge in [-0.2, -0.15) is 0 Å². The molecule has 1 aliphatic carbocycles. The van der Waals surface area contributed by atoms with Gasteiger partial charge in [0.1, 0.15) is 11.6 Å². The number of hydrogen-bond donors (Lipinski definition) is 1. The van der Waals surface area contributed by atoms with Gasteiger partial charge in [-0.1, -0.05) is 30.3 Å². The molecule has 2 aromatic carbocycles. The standard InChI is InChI=1S/C18H17F2NO/c1-11(16-7-6-14(19)10-17(16)20)18(22)21-15-8-12-4-2-3-5-13(12)9-15/h2-7,10-11,15H,8-9H2,1H3,(H,21,22). The lowest BCUT2D eigenvalue weighted by atomic mass is 9.99. The highest BCUT2D eigenvalue weighted by Gasteiger charge is 2.26. The van der Waals surface area contributed by atoms with Crippen LogP contribution in [-0.2, 0) is 17.6 Å². The van der Waals surface area contributed by atoms with Crippen molar-refractivity contribution < 1.29 is 13.6 Å². The molecule has 4 heteroatoms. The molecule has 1 atom stereocenters. The lowest BCUT2D eigenvalue weighted by Gasteiger charge is -2.17. The summed E-state index contributed by atoms with van der Waals surface area (Å²) >= 11 is 0. The molecule has 1 N–H and O–H groups in total. The van der Waals surface area contributed by atoms with Crippen LogP contribution in [0.25, 0.3) is 0 Å². The third-order valence-electron chi connectivity index (χ3n) is 4.22. The maximum Gasteiger partial charge on any atom is 0.227 e. The van der Waals surface area contributed by atoms with Gasteiger partial charge in [-0.05, 0) is 37.0 Å². The van der Waals surface area contributed by atoms with E-state index in [9.17, 15) is 13.6 Å². The van der Waals surface area contributed by atoms with E-state index in [2.05, 4.69) is 17.4 Å². The van der Waals surface area contributed by atoms with Gasteiger partial charge in [0.05, 0.1) is 5.92 Å². The number of amides is 1. The summed E-state index contributed by atoms with van der Waals surface area (Å²) in [4.78, 5) is 12.3. The topological polar surface area (TPSA) is 29.1 Å². The van der Waals surface area contributed by atoms with Crippen LogP contribution < -0.4 is 5.32 Å². The molecule has 0 heterocycles. The molecule has 0 fully saturated rings. The van der Waals surface area contributed by atoms with E-state index in [0.29, 0.717) is 0 Å². The Hall–Kier alpha value is -2.23. The molecule has 0 saturated heterocycles. The van der Waals surface area contributed by atoms with Gasteiger partial charge in [0, 0.05) is 17.7 Å². The van der Waals surface area contributed by atoms with Crippen LogP contribution in [0.15, 0.2) is 42.5 Å². The number of rotatable bonds is 3. The third-order valence-corrected chi connectivity index (χ3v) is 4.22. The van der Waals surface area contributed by atoms with Crippen molar-refractivity contribution in [2.75, 3.05) is 0 Å². The molecule has 0 spiro atoms. The first kappa shape index (κ1) is 14.7. The average Bonchev–Trinajstić information content (AvgIpc) is 2.88. The van der Waals surface area contributed by atoms with E-state index < -0.39 is 17.6 Å². The Balaban J connectivity index is 1.68. The van der Waals surface area contributed by atoms with Crippen molar-refractivity contribution in [1.82, 2.24) is 5.32 Å². The molecule has 0 bridgehead atoms. The number of carbonyl (C=O) groups is 1. The van der Waals surface area contributed by atoms with Gasteiger partial charge in [0.15, 0.2) is 0 Å². The minimum Gasteiger partial charge on any atom is -0.352 e. The van der Waals surface area contributed by atoms with Crippen molar-refractivity contribution in [2.45, 2.75) is 31.7 Å². The smallest absolute Gasteiger partial charge is 0.227 e. The zero-order valence-electron chi connectivity index (χ0n) is 12.3. The van der Waals surface area contributed by atoms with Gasteiger partial charge >= 0.3 is 0 Å². The zero-order chi connectivity index (χ0) is 15.7. The molecule has 22 heavy (non-hydrogen) atoms. The fourth-order valence-corrected chi connectivity index (χ4v) is 2.98. The van der Waals surface area contributed by atoms with Crippen molar-refractivity contribution in [3.05, 3.63) is 70.8 Å². The number of carbonyl (C=O) groups excluding carboxylic acids is 1. The van der Waals surface area contributed by atoms with Gasteiger partial charge in [-0.15, -0.1) is 0 Å². The van der Waals surface area contributed by atoms with Crippen molar-refractivity contribution in [3.63, 3.8) is 0 Å². The summed E-state index contributed by atoms with van der Waals surface area (Å²) in [5.74, 6) is -2.20. The molecule has 2 aromatic rings. The van der Waals surface area contributed by atoms with E-state index in [0.717, 1.165) is 18.9 Å². The molecular formula is C18H17F2NO. The summed E-state index contributed by atoms with van der Waals surface area (Å²) in [5.41, 5.74) is 2.70. The number of halogens is 2. The SMILES string of the molecule is CC(C(=O)NC1Cc2ccccc2C1)c1ccc(F)cc1F. The highest BCUT2D eigenvalue weighted by Crippen LogP contribution is 2.24. The Kier molecular flexibility index (Phi) is 3.92. The minimum atomic E-state index is -0.683. The van der Waals surface area contributed by atoms with Gasteiger partial charge in [-0.25, -0.2) is 8.78 Å². The normalized spacial score (nSPS) is 15.4. The van der Waals surface area contributed by atoms with Crippen LogP contribution in [0.5, 0.6) is 0 Å². The Bertz CT molecular complexity index is 689. The van der Waals surface area contributed by atoms with E-state index >= 15 is 0 Å². The molecule has 1 unspecified atom stereocenters. The second-order valence-electron chi connectivity index (χ2n) is 5.77. The second-order valence-corrected chi connectivity index (χ2v) is 5.77. The first-order chi connectivity index (χ1) is 10.5. The fraction of sp³-hybridized carbons (Fsp3) is 0.278. The van der Waals surface area contributed by atoms with Gasteiger partial charge in [0.25, 0.3) is 0 Å². The fourth-order valence-electron chi connectivity index (χ4n) is 2.98. The predicted octanol–water partition coefficient (Wildman–Crippen LogP) is 3.35. The molecule has 1 amide bonds. The van der Waals surface area contributed by atoms with E-state index in [-0.39, 0.29) is 17.5 Å². The maximum absolute atomic E-state index is 13.8. The predicted molar refractivity (Wildman–Crippen MR) is 80.6 cm³/mol. The van der Waals surface area contributed by atoms with Crippen LogP contribution >= 0.6 is 0 Å². The molecule has 114 valence electrons. The average molecular weight is 301 g/mol. The largest absolute Gasteiger partial charge is 0.352 e. The van der Waals surface area contributed by atoms with Gasteiger partial charge < -0.3 is 5.32 Å². The molecule has 0 aliphatic heterocycles. The first-order valence-corrected chi connectivity index (χ1v) is 7.36. The Morgan fingerprint density at radius 3 is 2.36 bits per heavy atom. The summed E-state index contributed by atoms with van der Waals surface area (Å²) in [7, 11) is 0. The summed E-state index contributed by atoms with van der Waals surface area (Å²) in [6.07, 6.45) is 1.58. The van der Waals surface area contributed by atoms with E-state index in [1.54, 1.807) is 6.92 Å². The minimum absolute atomic E-state index is 0.0378. The highest BCUT2D eigenvalue weighted by atomic mass is 19.1. The molecule has 3 rings (SSSR count). The van der Waals surface area contributed by atoms with Crippen LogP contribution in [0.1, 0.15) is 29.5 Å². The molecular weight excluding hydrogens is 284 g/mol. The Morgan fingerprint density at radius 2 is 1.77 bits per heavy atom.